The van der Waals surface area contributed by atoms with E-state index in [0.717, 1.165) is 18.4 Å². The van der Waals surface area contributed by atoms with Crippen LogP contribution in [0.25, 0.3) is 0 Å². The third kappa shape index (κ3) is 6.26. The second kappa shape index (κ2) is 11.3. The van der Waals surface area contributed by atoms with E-state index in [1.54, 1.807) is 0 Å². The molecule has 1 aliphatic rings. The van der Waals surface area contributed by atoms with Crippen LogP contribution in [0.3, 0.4) is 0 Å². The molecule has 1 fully saturated rings. The fourth-order valence-corrected chi connectivity index (χ4v) is 3.57. The van der Waals surface area contributed by atoms with Gasteiger partial charge in [-0.25, -0.2) is 14.0 Å². The van der Waals surface area contributed by atoms with E-state index in [1.807, 2.05) is 0 Å². The summed E-state index contributed by atoms with van der Waals surface area (Å²) in [5.41, 5.74) is -0.919. The topological polar surface area (TPSA) is 132 Å². The molecular weight excluding hydrogens is 503 g/mol. The number of nitrogens with zero attached hydrogens (tertiary/aromatic N) is 2. The summed E-state index contributed by atoms with van der Waals surface area (Å²) in [6.45, 7) is 4.52. The van der Waals surface area contributed by atoms with E-state index in [-0.39, 0.29) is 23.1 Å². The van der Waals surface area contributed by atoms with Crippen LogP contribution in [0, 0.1) is 0 Å². The smallest absolute Gasteiger partial charge is 0.353 e. The van der Waals surface area contributed by atoms with Gasteiger partial charge >= 0.3 is 23.6 Å². The molecule has 0 spiro atoms. The molecule has 0 N–H and O–H groups in total. The third-order valence-electron chi connectivity index (χ3n) is 4.80. The number of carbonyl (C=O) groups is 3. The first-order chi connectivity index (χ1) is 17.0. The first kappa shape index (κ1) is 26.8. The monoisotopic (exact) mass is 524 g/mol. The number of esters is 3. The first-order valence-corrected chi connectivity index (χ1v) is 10.9. The van der Waals surface area contributed by atoms with Crippen LogP contribution in [0.2, 0.25) is 5.02 Å². The van der Waals surface area contributed by atoms with Crippen LogP contribution in [-0.2, 0) is 28.5 Å². The summed E-state index contributed by atoms with van der Waals surface area (Å²) in [7, 11) is 0. The summed E-state index contributed by atoms with van der Waals surface area (Å²) in [5, 5.41) is 0.247. The molecule has 2 aromatic rings. The maximum atomic E-state index is 16.1. The summed E-state index contributed by atoms with van der Waals surface area (Å²) < 4.78 is 42.9. The highest BCUT2D eigenvalue weighted by Crippen LogP contribution is 2.42. The van der Waals surface area contributed by atoms with Gasteiger partial charge in [-0.1, -0.05) is 30.3 Å². The zero-order valence-electron chi connectivity index (χ0n) is 19.2. The van der Waals surface area contributed by atoms with Crippen molar-refractivity contribution in [3.8, 4) is 5.88 Å². The highest BCUT2D eigenvalue weighted by atomic mass is 35.5. The Bertz CT molecular complexity index is 1220. The third-order valence-corrected chi connectivity index (χ3v) is 5.04. The maximum Gasteiger partial charge on any atom is 0.353 e. The molecule has 13 heteroatoms. The van der Waals surface area contributed by atoms with Crippen molar-refractivity contribution >= 4 is 29.5 Å². The van der Waals surface area contributed by atoms with Gasteiger partial charge in [-0.2, -0.15) is 4.98 Å². The maximum absolute atomic E-state index is 16.1. The van der Waals surface area contributed by atoms with Crippen molar-refractivity contribution in [2.75, 3.05) is 13.2 Å². The fourth-order valence-electron chi connectivity index (χ4n) is 3.38. The molecule has 0 aliphatic carbocycles. The number of aromatic nitrogens is 2. The lowest BCUT2D eigenvalue weighted by Gasteiger charge is -2.26. The Hall–Kier alpha value is -3.77. The Morgan fingerprint density at radius 2 is 1.97 bits per heavy atom. The van der Waals surface area contributed by atoms with Crippen molar-refractivity contribution in [2.24, 2.45) is 0 Å². The van der Waals surface area contributed by atoms with Gasteiger partial charge in [0.25, 0.3) is 5.85 Å². The molecule has 1 aromatic heterocycles. The van der Waals surface area contributed by atoms with Crippen molar-refractivity contribution in [3.63, 3.8) is 0 Å². The summed E-state index contributed by atoms with van der Waals surface area (Å²) in [6, 6.07) is 7.01. The van der Waals surface area contributed by atoms with Crippen molar-refractivity contribution in [3.05, 3.63) is 70.3 Å². The minimum absolute atomic E-state index is 0.0248. The molecule has 1 saturated heterocycles. The molecule has 2 heterocycles. The Balaban J connectivity index is 1.94. The molecule has 36 heavy (non-hydrogen) atoms. The molecule has 1 aromatic carbocycles. The van der Waals surface area contributed by atoms with E-state index in [0.29, 0.717) is 0 Å². The normalized spacial score (nSPS) is 22.9. The molecule has 0 saturated carbocycles. The largest absolute Gasteiger partial charge is 0.473 e. The Kier molecular flexibility index (Phi) is 8.43. The second-order valence-corrected chi connectivity index (χ2v) is 7.98. The molecule has 11 nitrogen and oxygen atoms in total. The molecule has 3 rings (SSSR count). The molecular formula is C23H22ClFN2O9. The lowest BCUT2D eigenvalue weighted by molar-refractivity contribution is -0.217. The van der Waals surface area contributed by atoms with Gasteiger partial charge in [-0.15, -0.1) is 0 Å². The Labute approximate surface area is 209 Å². The van der Waals surface area contributed by atoms with Crippen molar-refractivity contribution < 1.29 is 42.5 Å². The van der Waals surface area contributed by atoms with Gasteiger partial charge < -0.3 is 23.7 Å². The van der Waals surface area contributed by atoms with E-state index < -0.39 is 54.5 Å². The number of hydrogen-bond donors (Lipinski definition) is 0. The highest BCUT2D eigenvalue weighted by molar-refractivity contribution is 6.30. The predicted molar refractivity (Wildman–Crippen MR) is 121 cm³/mol. The average Bonchev–Trinajstić information content (AvgIpc) is 3.07. The number of halogens is 2. The van der Waals surface area contributed by atoms with Crippen LogP contribution in [0.5, 0.6) is 5.88 Å². The number of carbonyl (C=O) groups excluding carboxylic acids is 3. The zero-order valence-corrected chi connectivity index (χ0v) is 20.0. The quantitative estimate of drug-likeness (QED) is 0.273. The van der Waals surface area contributed by atoms with Crippen molar-refractivity contribution in [1.29, 1.82) is 0 Å². The predicted octanol–water partition coefficient (Wildman–Crippen LogP) is 2.38. The standard InChI is InChI=1S/C23H22ClFN2O9/c1-4-10-32-17-8-9-27(22(31)26-17)20-18(34-13(2)28)19(35-14(3)29)23(25,36-20)12-33-21(30)15-6-5-7-16(24)11-15/h4-9,11,18-20H,1,10,12H2,2-3H3/t18-,19+,20-,23-/m1/s1. The van der Waals surface area contributed by atoms with Gasteiger partial charge in [0, 0.05) is 31.1 Å². The molecule has 0 unspecified atom stereocenters. The minimum Gasteiger partial charge on any atom is -0.473 e. The molecule has 192 valence electrons. The van der Waals surface area contributed by atoms with E-state index in [4.69, 9.17) is 35.3 Å². The van der Waals surface area contributed by atoms with Gasteiger partial charge in [-0.3, -0.25) is 14.2 Å². The van der Waals surface area contributed by atoms with E-state index in [2.05, 4.69) is 11.6 Å². The SMILES string of the molecule is C=CCOc1ccn([C@@H]2O[C@](F)(COC(=O)c3cccc(Cl)c3)[C@@H](OC(C)=O)[C@H]2OC(C)=O)c(=O)n1. The van der Waals surface area contributed by atoms with Gasteiger partial charge in [0.15, 0.2) is 18.9 Å². The van der Waals surface area contributed by atoms with Crippen LogP contribution in [0.4, 0.5) is 4.39 Å². The van der Waals surface area contributed by atoms with Crippen LogP contribution in [0.1, 0.15) is 30.4 Å². The van der Waals surface area contributed by atoms with Gasteiger partial charge in [0.2, 0.25) is 12.0 Å². The highest BCUT2D eigenvalue weighted by Gasteiger charge is 2.62. The van der Waals surface area contributed by atoms with Crippen LogP contribution < -0.4 is 10.4 Å². The minimum atomic E-state index is -3.01. The summed E-state index contributed by atoms with van der Waals surface area (Å²) in [4.78, 5) is 52.3. The molecule has 0 amide bonds. The average molecular weight is 525 g/mol. The lowest BCUT2D eigenvalue weighted by atomic mass is 10.1. The Morgan fingerprint density at radius 1 is 1.25 bits per heavy atom. The number of rotatable bonds is 9. The number of benzene rings is 1. The molecule has 0 bridgehead atoms. The molecule has 1 aliphatic heterocycles. The molecule has 4 atom stereocenters. The lowest BCUT2D eigenvalue weighted by Crippen LogP contribution is -2.47. The number of alkyl halides is 1. The first-order valence-electron chi connectivity index (χ1n) is 10.5. The summed E-state index contributed by atoms with van der Waals surface area (Å²) >= 11 is 5.87. The van der Waals surface area contributed by atoms with Crippen LogP contribution in [0.15, 0.2) is 54.0 Å². The van der Waals surface area contributed by atoms with Crippen LogP contribution >= 0.6 is 11.6 Å². The fraction of sp³-hybridized carbons (Fsp3) is 0.348. The molecule has 0 radical (unpaired) electrons. The van der Waals surface area contributed by atoms with Gasteiger partial charge in [0.1, 0.15) is 6.61 Å². The summed E-state index contributed by atoms with van der Waals surface area (Å²) in [6.07, 6.45) is -2.57. The second-order valence-electron chi connectivity index (χ2n) is 7.54. The van der Waals surface area contributed by atoms with Gasteiger partial charge in [0.05, 0.1) is 5.56 Å². The van der Waals surface area contributed by atoms with Crippen molar-refractivity contribution in [2.45, 2.75) is 38.1 Å². The van der Waals surface area contributed by atoms with Gasteiger partial charge in [-0.05, 0) is 18.2 Å². The van der Waals surface area contributed by atoms with Crippen molar-refractivity contribution in [1.82, 2.24) is 9.55 Å². The zero-order chi connectivity index (χ0) is 26.5. The Morgan fingerprint density at radius 3 is 2.58 bits per heavy atom. The number of hydrogen-bond acceptors (Lipinski definition) is 10. The van der Waals surface area contributed by atoms with E-state index in [9.17, 15) is 19.2 Å². The summed E-state index contributed by atoms with van der Waals surface area (Å²) in [5.74, 6) is -5.82. The van der Waals surface area contributed by atoms with Crippen LogP contribution in [-0.4, -0.2) is 58.7 Å². The van der Waals surface area contributed by atoms with E-state index in [1.165, 1.54) is 42.6 Å². The number of ether oxygens (including phenoxy) is 5. The van der Waals surface area contributed by atoms with E-state index >= 15 is 4.39 Å².